The van der Waals surface area contributed by atoms with E-state index in [0.29, 0.717) is 38.2 Å². The average molecular weight is 646 g/mol. The Morgan fingerprint density at radius 2 is 1.71 bits per heavy atom. The first-order valence-electron chi connectivity index (χ1n) is 14.0. The predicted octanol–water partition coefficient (Wildman–Crippen LogP) is 4.44. The maximum Gasteiger partial charge on any atom is 0.338 e. The molecule has 1 fully saturated rings. The highest BCUT2D eigenvalue weighted by atomic mass is 32.2. The van der Waals surface area contributed by atoms with Crippen molar-refractivity contribution in [3.63, 3.8) is 0 Å². The minimum Gasteiger partial charge on any atom is -0.493 e. The quantitative estimate of drug-likeness (QED) is 0.200. The second-order valence-electron chi connectivity index (χ2n) is 10.1. The third-order valence-electron chi connectivity index (χ3n) is 7.42. The minimum absolute atomic E-state index is 0.263. The molecule has 11 nitrogen and oxygen atoms in total. The van der Waals surface area contributed by atoms with Gasteiger partial charge >= 0.3 is 10.8 Å². The molecule has 6 rings (SSSR count). The number of amides is 3. The Morgan fingerprint density at radius 1 is 0.956 bits per heavy atom. The van der Waals surface area contributed by atoms with Gasteiger partial charge in [0.1, 0.15) is 5.25 Å². The number of anilines is 2. The molecule has 0 radical (unpaired) electrons. The fourth-order valence-corrected chi connectivity index (χ4v) is 7.96. The molecule has 45 heavy (non-hydrogen) atoms. The number of fused-ring (bicyclic) bond motifs is 2. The third kappa shape index (κ3) is 5.83. The SMILES string of the molecule is CCOC(=O)c1ccc(NC(=O)COc2ccc(C3c4sc(=O)[nH]c4SC4C(=O)N(c5ccccc5)C(=O)C43)cc2OC)cc1. The number of thiazole rings is 1. The van der Waals surface area contributed by atoms with E-state index in [-0.39, 0.29) is 35.7 Å². The van der Waals surface area contributed by atoms with Crippen LogP contribution in [-0.2, 0) is 19.1 Å². The molecular weight excluding hydrogens is 618 g/mol. The summed E-state index contributed by atoms with van der Waals surface area (Å²) >= 11 is 2.22. The first-order valence-corrected chi connectivity index (χ1v) is 15.7. The van der Waals surface area contributed by atoms with E-state index in [2.05, 4.69) is 10.3 Å². The summed E-state index contributed by atoms with van der Waals surface area (Å²) in [5.74, 6) is -2.30. The van der Waals surface area contributed by atoms with Crippen LogP contribution in [-0.4, -0.2) is 54.2 Å². The number of nitrogens with zero attached hydrogens (tertiary/aromatic N) is 1. The van der Waals surface area contributed by atoms with Crippen molar-refractivity contribution in [2.45, 2.75) is 23.1 Å². The summed E-state index contributed by atoms with van der Waals surface area (Å²) < 4.78 is 16.3. The number of carbonyl (C=O) groups excluding carboxylic acids is 4. The van der Waals surface area contributed by atoms with Crippen LogP contribution in [0.25, 0.3) is 0 Å². The van der Waals surface area contributed by atoms with Gasteiger partial charge < -0.3 is 24.5 Å². The number of H-pyrrole nitrogens is 1. The van der Waals surface area contributed by atoms with Crippen LogP contribution in [0.1, 0.15) is 33.6 Å². The molecule has 4 aromatic rings. The number of aromatic nitrogens is 1. The van der Waals surface area contributed by atoms with Crippen molar-refractivity contribution >= 4 is 58.2 Å². The van der Waals surface area contributed by atoms with Gasteiger partial charge in [-0.05, 0) is 61.0 Å². The molecule has 2 N–H and O–H groups in total. The number of ether oxygens (including phenoxy) is 3. The molecule has 0 aliphatic carbocycles. The van der Waals surface area contributed by atoms with Crippen LogP contribution in [0.4, 0.5) is 11.4 Å². The van der Waals surface area contributed by atoms with Crippen LogP contribution in [0.2, 0.25) is 0 Å². The van der Waals surface area contributed by atoms with Gasteiger partial charge in [-0.15, -0.1) is 0 Å². The Labute approximate surface area is 265 Å². The predicted molar refractivity (Wildman–Crippen MR) is 168 cm³/mol. The van der Waals surface area contributed by atoms with Gasteiger partial charge in [0.2, 0.25) is 11.8 Å². The Bertz CT molecular complexity index is 1840. The highest BCUT2D eigenvalue weighted by molar-refractivity contribution is 8.00. The third-order valence-corrected chi connectivity index (χ3v) is 9.82. The maximum atomic E-state index is 13.9. The van der Waals surface area contributed by atoms with Gasteiger partial charge in [0.25, 0.3) is 5.91 Å². The number of esters is 1. The summed E-state index contributed by atoms with van der Waals surface area (Å²) in [4.78, 5) is 68.8. The van der Waals surface area contributed by atoms with E-state index in [1.807, 2.05) is 6.07 Å². The number of hydrogen-bond donors (Lipinski definition) is 2. The van der Waals surface area contributed by atoms with Gasteiger partial charge in [-0.1, -0.05) is 47.4 Å². The van der Waals surface area contributed by atoms with E-state index in [1.54, 1.807) is 73.7 Å². The number of aromatic amines is 1. The first kappa shape index (κ1) is 30.2. The Morgan fingerprint density at radius 3 is 2.42 bits per heavy atom. The summed E-state index contributed by atoms with van der Waals surface area (Å²) in [6.45, 7) is 1.65. The number of para-hydroxylation sites is 1. The van der Waals surface area contributed by atoms with Crippen molar-refractivity contribution in [3.8, 4) is 11.5 Å². The monoisotopic (exact) mass is 645 g/mol. The number of hydrogen-bond acceptors (Lipinski definition) is 10. The molecule has 3 aromatic carbocycles. The molecule has 0 saturated carbocycles. The van der Waals surface area contributed by atoms with E-state index < -0.39 is 29.0 Å². The molecule has 13 heteroatoms. The molecule has 1 saturated heterocycles. The van der Waals surface area contributed by atoms with Gasteiger partial charge in [-0.2, -0.15) is 0 Å². The lowest BCUT2D eigenvalue weighted by atomic mass is 9.83. The number of imide groups is 1. The van der Waals surface area contributed by atoms with Gasteiger partial charge in [0, 0.05) is 16.5 Å². The van der Waals surface area contributed by atoms with E-state index in [0.717, 1.165) is 11.3 Å². The van der Waals surface area contributed by atoms with Gasteiger partial charge in [-0.25, -0.2) is 9.69 Å². The number of nitrogens with one attached hydrogen (secondary N) is 2. The molecule has 0 bridgehead atoms. The topological polar surface area (TPSA) is 144 Å². The van der Waals surface area contributed by atoms with Crippen LogP contribution in [0.5, 0.6) is 11.5 Å². The zero-order valence-corrected chi connectivity index (χ0v) is 25.7. The summed E-state index contributed by atoms with van der Waals surface area (Å²) in [5, 5.41) is 2.55. The molecule has 3 amide bonds. The summed E-state index contributed by atoms with van der Waals surface area (Å²) in [6, 6.07) is 20.2. The zero-order valence-electron chi connectivity index (χ0n) is 24.1. The molecule has 230 valence electrons. The molecule has 2 aliphatic rings. The lowest BCUT2D eigenvalue weighted by Crippen LogP contribution is -2.32. The fourth-order valence-electron chi connectivity index (χ4n) is 5.45. The van der Waals surface area contributed by atoms with Crippen molar-refractivity contribution in [2.24, 2.45) is 5.92 Å². The largest absolute Gasteiger partial charge is 0.493 e. The van der Waals surface area contributed by atoms with Gasteiger partial charge in [0.15, 0.2) is 18.1 Å². The molecule has 3 heterocycles. The van der Waals surface area contributed by atoms with E-state index in [4.69, 9.17) is 14.2 Å². The van der Waals surface area contributed by atoms with Crippen LogP contribution in [0.15, 0.2) is 82.6 Å². The summed E-state index contributed by atoms with van der Waals surface area (Å²) in [5.41, 5.74) is 2.00. The molecule has 2 aliphatic heterocycles. The molecular formula is C32H27N3O8S2. The second kappa shape index (κ2) is 12.6. The Kier molecular flexibility index (Phi) is 8.46. The standard InChI is InChI=1S/C32H27N3O8S2/c1-3-42-31(39)17-9-12-19(13-10-17)33-23(36)16-43-21-14-11-18(15-22(21)41-2)24-25-27(44-28-26(24)45-32(40)34-28)30(38)35(29(25)37)20-7-5-4-6-8-20/h4-15,24-25,27H,3,16H2,1-2H3,(H,33,36)(H,34,40). The number of benzene rings is 3. The van der Waals surface area contributed by atoms with Crippen LogP contribution < -0.4 is 24.6 Å². The van der Waals surface area contributed by atoms with Crippen LogP contribution in [0.3, 0.4) is 0 Å². The summed E-state index contributed by atoms with van der Waals surface area (Å²) in [6.07, 6.45) is 0. The number of carbonyl (C=O) groups is 4. The van der Waals surface area contributed by atoms with E-state index in [1.165, 1.54) is 23.8 Å². The normalized spacial score (nSPS) is 18.6. The highest BCUT2D eigenvalue weighted by Crippen LogP contribution is 2.53. The number of rotatable bonds is 9. The highest BCUT2D eigenvalue weighted by Gasteiger charge is 2.56. The van der Waals surface area contributed by atoms with Crippen molar-refractivity contribution in [1.82, 2.24) is 4.98 Å². The number of methoxy groups -OCH3 is 1. The zero-order chi connectivity index (χ0) is 31.7. The molecule has 3 atom stereocenters. The van der Waals surface area contributed by atoms with Gasteiger partial charge in [0.05, 0.1) is 35.9 Å². The van der Waals surface area contributed by atoms with Crippen molar-refractivity contribution in [3.05, 3.63) is 98.5 Å². The molecule has 3 unspecified atom stereocenters. The first-order chi connectivity index (χ1) is 21.8. The fraction of sp³-hybridized carbons (Fsp3) is 0.219. The lowest BCUT2D eigenvalue weighted by molar-refractivity contribution is -0.122. The van der Waals surface area contributed by atoms with Gasteiger partial charge in [-0.3, -0.25) is 19.2 Å². The number of thioether (sulfide) groups is 1. The van der Waals surface area contributed by atoms with Crippen LogP contribution >= 0.6 is 23.1 Å². The maximum absolute atomic E-state index is 13.9. The molecule has 0 spiro atoms. The van der Waals surface area contributed by atoms with E-state index in [9.17, 15) is 24.0 Å². The Hall–Kier alpha value is -4.88. The van der Waals surface area contributed by atoms with Crippen molar-refractivity contribution < 1.29 is 33.4 Å². The van der Waals surface area contributed by atoms with Crippen molar-refractivity contribution in [2.75, 3.05) is 30.5 Å². The summed E-state index contributed by atoms with van der Waals surface area (Å²) in [7, 11) is 1.46. The average Bonchev–Trinajstić information content (AvgIpc) is 3.54. The Balaban J connectivity index is 1.22. The second-order valence-corrected chi connectivity index (χ2v) is 12.3. The molecule has 1 aromatic heterocycles. The van der Waals surface area contributed by atoms with Crippen LogP contribution in [0, 0.1) is 5.92 Å². The lowest BCUT2D eigenvalue weighted by Gasteiger charge is -2.30. The van der Waals surface area contributed by atoms with Crippen molar-refractivity contribution in [1.29, 1.82) is 0 Å². The smallest absolute Gasteiger partial charge is 0.338 e. The minimum atomic E-state index is -0.751. The van der Waals surface area contributed by atoms with E-state index >= 15 is 0 Å².